The Kier molecular flexibility index (Phi) is 4.60. The molecule has 0 bridgehead atoms. The maximum absolute atomic E-state index is 12.4. The summed E-state index contributed by atoms with van der Waals surface area (Å²) >= 11 is 0. The first-order valence-corrected chi connectivity index (χ1v) is 8.44. The van der Waals surface area contributed by atoms with Crippen molar-refractivity contribution in [2.75, 3.05) is 19.6 Å². The molecule has 0 spiro atoms. The van der Waals surface area contributed by atoms with E-state index < -0.39 is 18.2 Å². The predicted molar refractivity (Wildman–Crippen MR) is 90.3 cm³/mol. The molecule has 0 aliphatic carbocycles. The normalized spacial score (nSPS) is 26.1. The second-order valence-corrected chi connectivity index (χ2v) is 6.94. The highest BCUT2D eigenvalue weighted by Crippen LogP contribution is 2.20. The SMILES string of the molecule is Cc1ccc(CN2CCN3C(=O)[C@H]([C@@H](C)O)NC(=O)[C@H]3C2)c(C)c1. The number of fused-ring (bicyclic) bond motifs is 1. The van der Waals surface area contributed by atoms with Crippen molar-refractivity contribution in [1.29, 1.82) is 0 Å². The Bertz CT molecular complexity index is 659. The molecule has 24 heavy (non-hydrogen) atoms. The van der Waals surface area contributed by atoms with Crippen LogP contribution < -0.4 is 5.32 Å². The number of aliphatic hydroxyl groups excluding tert-OH is 1. The molecule has 1 aromatic rings. The highest BCUT2D eigenvalue weighted by Gasteiger charge is 2.44. The largest absolute Gasteiger partial charge is 0.391 e. The van der Waals surface area contributed by atoms with Crippen LogP contribution >= 0.6 is 0 Å². The van der Waals surface area contributed by atoms with Crippen LogP contribution in [-0.4, -0.2) is 64.5 Å². The number of rotatable bonds is 3. The minimum Gasteiger partial charge on any atom is -0.391 e. The number of aryl methyl sites for hydroxylation is 2. The molecule has 2 heterocycles. The van der Waals surface area contributed by atoms with Gasteiger partial charge in [-0.1, -0.05) is 23.8 Å². The zero-order valence-electron chi connectivity index (χ0n) is 14.5. The van der Waals surface area contributed by atoms with Gasteiger partial charge < -0.3 is 15.3 Å². The predicted octanol–water partition coefficient (Wildman–Crippen LogP) is 0.195. The topological polar surface area (TPSA) is 72.9 Å². The van der Waals surface area contributed by atoms with Gasteiger partial charge in [0.25, 0.3) is 0 Å². The Hall–Kier alpha value is -1.92. The number of nitrogens with one attached hydrogen (secondary N) is 1. The summed E-state index contributed by atoms with van der Waals surface area (Å²) in [6.45, 7) is 8.25. The van der Waals surface area contributed by atoms with Crippen molar-refractivity contribution in [2.45, 2.75) is 45.5 Å². The van der Waals surface area contributed by atoms with Crippen LogP contribution in [0.1, 0.15) is 23.6 Å². The van der Waals surface area contributed by atoms with E-state index in [0.717, 1.165) is 13.1 Å². The third-order valence-corrected chi connectivity index (χ3v) is 4.99. The fourth-order valence-electron chi connectivity index (χ4n) is 3.55. The van der Waals surface area contributed by atoms with Crippen LogP contribution in [0.3, 0.4) is 0 Å². The molecule has 0 saturated carbocycles. The summed E-state index contributed by atoms with van der Waals surface area (Å²) in [4.78, 5) is 28.6. The van der Waals surface area contributed by atoms with Gasteiger partial charge in [0, 0.05) is 26.2 Å². The Morgan fingerprint density at radius 2 is 2.04 bits per heavy atom. The Morgan fingerprint density at radius 3 is 2.71 bits per heavy atom. The lowest BCUT2D eigenvalue weighted by molar-refractivity contribution is -0.156. The lowest BCUT2D eigenvalue weighted by Gasteiger charge is -2.45. The van der Waals surface area contributed by atoms with Crippen molar-refractivity contribution in [2.24, 2.45) is 0 Å². The summed E-state index contributed by atoms with van der Waals surface area (Å²) in [7, 11) is 0. The highest BCUT2D eigenvalue weighted by molar-refractivity contribution is 5.97. The fourth-order valence-corrected chi connectivity index (χ4v) is 3.55. The van der Waals surface area contributed by atoms with E-state index in [1.807, 2.05) is 0 Å². The number of piperazine rings is 2. The molecule has 1 aromatic carbocycles. The van der Waals surface area contributed by atoms with Gasteiger partial charge in [-0.2, -0.15) is 0 Å². The van der Waals surface area contributed by atoms with E-state index in [-0.39, 0.29) is 11.8 Å². The molecular weight excluding hydrogens is 306 g/mol. The summed E-state index contributed by atoms with van der Waals surface area (Å²) < 4.78 is 0. The zero-order valence-corrected chi connectivity index (χ0v) is 14.5. The summed E-state index contributed by atoms with van der Waals surface area (Å²) in [6.07, 6.45) is -0.879. The molecule has 130 valence electrons. The molecule has 2 amide bonds. The smallest absolute Gasteiger partial charge is 0.248 e. The molecule has 2 saturated heterocycles. The number of hydrogen-bond acceptors (Lipinski definition) is 4. The third kappa shape index (κ3) is 3.16. The van der Waals surface area contributed by atoms with E-state index in [9.17, 15) is 14.7 Å². The average molecular weight is 331 g/mol. The van der Waals surface area contributed by atoms with Crippen LogP contribution in [0, 0.1) is 13.8 Å². The maximum atomic E-state index is 12.4. The van der Waals surface area contributed by atoms with Crippen molar-refractivity contribution in [3.05, 3.63) is 34.9 Å². The van der Waals surface area contributed by atoms with E-state index in [1.165, 1.54) is 23.6 Å². The van der Waals surface area contributed by atoms with Crippen LogP contribution in [0.25, 0.3) is 0 Å². The Balaban J connectivity index is 1.70. The van der Waals surface area contributed by atoms with Gasteiger partial charge in [0.05, 0.1) is 6.10 Å². The second-order valence-electron chi connectivity index (χ2n) is 6.94. The zero-order chi connectivity index (χ0) is 17.4. The van der Waals surface area contributed by atoms with Gasteiger partial charge in [-0.05, 0) is 31.9 Å². The van der Waals surface area contributed by atoms with Crippen LogP contribution in [0.4, 0.5) is 0 Å². The van der Waals surface area contributed by atoms with Crippen LogP contribution in [0.15, 0.2) is 18.2 Å². The standard InChI is InChI=1S/C18H25N3O3/c1-11-4-5-14(12(2)8-11)9-20-6-7-21-15(10-20)17(23)19-16(13(3)22)18(21)24/h4-5,8,13,15-16,22H,6-7,9-10H2,1-3H3,(H,19,23)/t13-,15-,16+/m1/s1. The van der Waals surface area contributed by atoms with Gasteiger partial charge >= 0.3 is 0 Å². The molecule has 2 aliphatic heterocycles. The minimum atomic E-state index is -0.879. The van der Waals surface area contributed by atoms with Crippen LogP contribution in [-0.2, 0) is 16.1 Å². The van der Waals surface area contributed by atoms with Gasteiger partial charge in [0.1, 0.15) is 12.1 Å². The fraction of sp³-hybridized carbons (Fsp3) is 0.556. The molecule has 0 aromatic heterocycles. The molecule has 0 radical (unpaired) electrons. The highest BCUT2D eigenvalue weighted by atomic mass is 16.3. The van der Waals surface area contributed by atoms with Gasteiger partial charge in [-0.15, -0.1) is 0 Å². The lowest BCUT2D eigenvalue weighted by atomic mass is 10.00. The van der Waals surface area contributed by atoms with Crippen molar-refractivity contribution in [3.8, 4) is 0 Å². The number of benzene rings is 1. The first kappa shape index (κ1) is 16.9. The summed E-state index contributed by atoms with van der Waals surface area (Å²) in [5.74, 6) is -0.355. The number of carbonyl (C=O) groups is 2. The Morgan fingerprint density at radius 1 is 1.29 bits per heavy atom. The van der Waals surface area contributed by atoms with E-state index >= 15 is 0 Å². The molecule has 2 aliphatic rings. The Labute approximate surface area is 142 Å². The van der Waals surface area contributed by atoms with Crippen molar-refractivity contribution < 1.29 is 14.7 Å². The summed E-state index contributed by atoms with van der Waals surface area (Å²) in [5.41, 5.74) is 3.73. The maximum Gasteiger partial charge on any atom is 0.248 e. The van der Waals surface area contributed by atoms with Crippen molar-refractivity contribution in [1.82, 2.24) is 15.1 Å². The van der Waals surface area contributed by atoms with Gasteiger partial charge in [-0.25, -0.2) is 0 Å². The van der Waals surface area contributed by atoms with E-state index in [4.69, 9.17) is 0 Å². The summed E-state index contributed by atoms with van der Waals surface area (Å²) in [5, 5.41) is 12.3. The molecule has 2 N–H and O–H groups in total. The monoisotopic (exact) mass is 331 g/mol. The first-order chi connectivity index (χ1) is 11.4. The second kappa shape index (κ2) is 6.53. The molecule has 0 unspecified atom stereocenters. The van der Waals surface area contributed by atoms with Gasteiger partial charge in [-0.3, -0.25) is 14.5 Å². The van der Waals surface area contributed by atoms with E-state index in [1.54, 1.807) is 4.90 Å². The first-order valence-electron chi connectivity index (χ1n) is 8.44. The minimum absolute atomic E-state index is 0.175. The summed E-state index contributed by atoms with van der Waals surface area (Å²) in [6, 6.07) is 5.11. The van der Waals surface area contributed by atoms with Crippen molar-refractivity contribution in [3.63, 3.8) is 0 Å². The molecule has 6 heteroatoms. The number of hydrogen-bond donors (Lipinski definition) is 2. The lowest BCUT2D eigenvalue weighted by Crippen LogP contribution is -2.70. The van der Waals surface area contributed by atoms with Gasteiger partial charge in [0.2, 0.25) is 11.8 Å². The molecular formula is C18H25N3O3. The molecule has 3 atom stereocenters. The van der Waals surface area contributed by atoms with Crippen LogP contribution in [0.5, 0.6) is 0 Å². The van der Waals surface area contributed by atoms with Crippen LogP contribution in [0.2, 0.25) is 0 Å². The number of carbonyl (C=O) groups excluding carboxylic acids is 2. The molecule has 2 fully saturated rings. The average Bonchev–Trinajstić information content (AvgIpc) is 2.53. The van der Waals surface area contributed by atoms with Crippen molar-refractivity contribution >= 4 is 11.8 Å². The molecule has 6 nitrogen and oxygen atoms in total. The quantitative estimate of drug-likeness (QED) is 0.830. The number of amides is 2. The van der Waals surface area contributed by atoms with E-state index in [2.05, 4.69) is 42.3 Å². The molecule has 3 rings (SSSR count). The number of aliphatic hydroxyl groups is 1. The van der Waals surface area contributed by atoms with E-state index in [0.29, 0.717) is 13.1 Å². The van der Waals surface area contributed by atoms with Gasteiger partial charge in [0.15, 0.2) is 0 Å². The third-order valence-electron chi connectivity index (χ3n) is 4.99. The number of nitrogens with zero attached hydrogens (tertiary/aromatic N) is 2.